The molecule has 182 valence electrons. The van der Waals surface area contributed by atoms with Gasteiger partial charge in [-0.05, 0) is 35.0 Å². The molecule has 1 heterocycles. The van der Waals surface area contributed by atoms with Gasteiger partial charge < -0.3 is 43.8 Å². The van der Waals surface area contributed by atoms with Crippen LogP contribution in [0, 0.1) is 0 Å². The fourth-order valence-electron chi connectivity index (χ4n) is 4.36. The first-order chi connectivity index (χ1) is 15.9. The molecule has 3 aromatic carbocycles. The number of piperidine rings is 1. The number of carbonyl (C=O) groups is 1. The molecule has 0 atom stereocenters. The summed E-state index contributed by atoms with van der Waals surface area (Å²) < 4.78 is 7.10. The largest absolute Gasteiger partial charge is 1.00 e. The molecule has 1 aliphatic rings. The van der Waals surface area contributed by atoms with Gasteiger partial charge in [0.2, 0.25) is 0 Å². The zero-order valence-corrected chi connectivity index (χ0v) is 22.9. The Labute approximate surface area is 228 Å². The summed E-state index contributed by atoms with van der Waals surface area (Å²) in [7, 11) is 2.28. The van der Waals surface area contributed by atoms with E-state index < -0.39 is 0 Å². The van der Waals surface area contributed by atoms with Gasteiger partial charge in [-0.15, -0.1) is 0 Å². The lowest BCUT2D eigenvalue weighted by molar-refractivity contribution is -0.915. The average molecular weight is 614 g/mol. The van der Waals surface area contributed by atoms with Crippen molar-refractivity contribution in [3.8, 4) is 5.75 Å². The van der Waals surface area contributed by atoms with Gasteiger partial charge in [0.15, 0.2) is 0 Å². The van der Waals surface area contributed by atoms with Crippen molar-refractivity contribution in [2.45, 2.75) is 25.4 Å². The van der Waals surface area contributed by atoms with Crippen LogP contribution in [0.3, 0.4) is 0 Å². The van der Waals surface area contributed by atoms with Gasteiger partial charge in [0.25, 0.3) is 0 Å². The minimum absolute atomic E-state index is 0. The smallest absolute Gasteiger partial charge is 0.319 e. The summed E-state index contributed by atoms with van der Waals surface area (Å²) >= 11 is 12.1. The number of fused-ring (bicyclic) bond motifs is 1. The van der Waals surface area contributed by atoms with Gasteiger partial charge in [-0.25, -0.2) is 4.79 Å². The summed E-state index contributed by atoms with van der Waals surface area (Å²) in [6.07, 6.45) is 3.11. The number of hydrogen-bond donors (Lipinski definition) is 2. The van der Waals surface area contributed by atoms with E-state index in [1.165, 1.54) is 0 Å². The molecule has 0 aliphatic carbocycles. The van der Waals surface area contributed by atoms with Crippen LogP contribution in [0.5, 0.6) is 5.75 Å². The summed E-state index contributed by atoms with van der Waals surface area (Å²) in [6.45, 7) is 3.77. The van der Waals surface area contributed by atoms with Crippen molar-refractivity contribution in [2.75, 3.05) is 38.5 Å². The van der Waals surface area contributed by atoms with E-state index in [-0.39, 0.29) is 36.1 Å². The molecule has 1 fully saturated rings. The van der Waals surface area contributed by atoms with Crippen LogP contribution in [0.1, 0.15) is 19.3 Å². The van der Waals surface area contributed by atoms with E-state index in [4.69, 9.17) is 27.9 Å². The summed E-state index contributed by atoms with van der Waals surface area (Å²) in [5, 5.41) is 9.23. The second kappa shape index (κ2) is 12.3. The molecule has 0 saturated carbocycles. The fourth-order valence-corrected chi connectivity index (χ4v) is 4.64. The Morgan fingerprint density at radius 3 is 2.47 bits per heavy atom. The molecule has 0 aromatic heterocycles. The summed E-state index contributed by atoms with van der Waals surface area (Å²) in [6, 6.07) is 19.3. The average Bonchev–Trinajstić information content (AvgIpc) is 2.81. The Bertz CT molecular complexity index is 1120. The van der Waals surface area contributed by atoms with Gasteiger partial charge >= 0.3 is 6.03 Å². The highest BCUT2D eigenvalue weighted by atomic mass is 127. The number of anilines is 1. The van der Waals surface area contributed by atoms with Gasteiger partial charge in [-0.3, -0.25) is 0 Å². The van der Waals surface area contributed by atoms with Crippen molar-refractivity contribution < 1.29 is 38.0 Å². The molecular weight excluding hydrogens is 584 g/mol. The zero-order valence-electron chi connectivity index (χ0n) is 19.2. The van der Waals surface area contributed by atoms with E-state index in [1.807, 2.05) is 42.5 Å². The monoisotopic (exact) mass is 613 g/mol. The Hall–Kier alpha value is -1.74. The van der Waals surface area contributed by atoms with Crippen molar-refractivity contribution in [1.29, 1.82) is 0 Å². The van der Waals surface area contributed by atoms with Crippen molar-refractivity contribution >= 4 is 45.7 Å². The van der Waals surface area contributed by atoms with Gasteiger partial charge in [0.1, 0.15) is 11.9 Å². The summed E-state index contributed by atoms with van der Waals surface area (Å²) in [4.78, 5) is 12.3. The molecule has 3 aromatic rings. The lowest BCUT2D eigenvalue weighted by Gasteiger charge is -2.40. The second-order valence-corrected chi connectivity index (χ2v) is 9.79. The number of hydrogen-bond acceptors (Lipinski definition) is 2. The zero-order chi connectivity index (χ0) is 23.3. The van der Waals surface area contributed by atoms with E-state index in [0.717, 1.165) is 65.6 Å². The fraction of sp³-hybridized carbons (Fsp3) is 0.346. The predicted octanol–water partition coefficient (Wildman–Crippen LogP) is 3.35. The molecule has 0 bridgehead atoms. The minimum atomic E-state index is -0.165. The number of quaternary nitrogens is 1. The molecule has 2 amide bonds. The molecule has 0 unspecified atom stereocenters. The first-order valence-corrected chi connectivity index (χ1v) is 12.1. The number of nitrogens with zero attached hydrogens (tertiary/aromatic N) is 1. The van der Waals surface area contributed by atoms with Crippen LogP contribution in [-0.2, 0) is 0 Å². The normalized spacial score (nSPS) is 19.8. The highest BCUT2D eigenvalue weighted by Gasteiger charge is 2.30. The lowest BCUT2D eigenvalue weighted by Crippen LogP contribution is -3.00. The molecular formula is C26H30Cl2IN3O2. The third kappa shape index (κ3) is 7.38. The maximum absolute atomic E-state index is 12.3. The maximum Gasteiger partial charge on any atom is 0.319 e. The van der Waals surface area contributed by atoms with Crippen LogP contribution in [0.2, 0.25) is 10.0 Å². The predicted molar refractivity (Wildman–Crippen MR) is 136 cm³/mol. The van der Waals surface area contributed by atoms with Crippen molar-refractivity contribution in [3.05, 3.63) is 70.7 Å². The number of amides is 2. The van der Waals surface area contributed by atoms with E-state index in [9.17, 15) is 4.79 Å². The van der Waals surface area contributed by atoms with Crippen molar-refractivity contribution in [3.63, 3.8) is 0 Å². The van der Waals surface area contributed by atoms with Gasteiger partial charge in [-0.2, -0.15) is 0 Å². The number of rotatable bonds is 7. The number of nitrogens with one attached hydrogen (secondary N) is 2. The van der Waals surface area contributed by atoms with Gasteiger partial charge in [0.05, 0.1) is 36.7 Å². The number of carbonyl (C=O) groups excluding carboxylic acids is 1. The molecule has 8 heteroatoms. The van der Waals surface area contributed by atoms with Crippen LogP contribution in [-0.4, -0.2) is 49.8 Å². The number of likely N-dealkylation sites (tertiary alicyclic amines) is 1. The van der Waals surface area contributed by atoms with E-state index in [1.54, 1.807) is 12.1 Å². The number of benzene rings is 3. The molecule has 4 rings (SSSR count). The standard InChI is InChI=1S/C26H29Cl2N3O2.HI/c1-31(15-11-22(12-16-31)33-23-9-10-24(27)25(28)18-23)14-4-13-29-26(32)30-21-8-7-19-5-2-3-6-20(19)17-21;/h2-3,5-10,17-18,22H,4,11-16H2,1H3,(H-,29,30,32);1H. The third-order valence-electron chi connectivity index (χ3n) is 6.34. The number of ether oxygens (including phenoxy) is 1. The quantitative estimate of drug-likeness (QED) is 0.244. The Balaban J connectivity index is 0.00000324. The van der Waals surface area contributed by atoms with E-state index >= 15 is 0 Å². The molecule has 5 nitrogen and oxygen atoms in total. The van der Waals surface area contributed by atoms with Crippen LogP contribution in [0.25, 0.3) is 10.8 Å². The molecule has 34 heavy (non-hydrogen) atoms. The Kier molecular flexibility index (Phi) is 9.71. The minimum Gasteiger partial charge on any atom is -1.00 e. The molecule has 0 radical (unpaired) electrons. The van der Waals surface area contributed by atoms with Crippen molar-refractivity contribution in [1.82, 2.24) is 5.32 Å². The van der Waals surface area contributed by atoms with E-state index in [0.29, 0.717) is 16.6 Å². The highest BCUT2D eigenvalue weighted by Crippen LogP contribution is 2.29. The lowest BCUT2D eigenvalue weighted by atomic mass is 10.0. The first-order valence-electron chi connectivity index (χ1n) is 11.4. The summed E-state index contributed by atoms with van der Waals surface area (Å²) in [5.74, 6) is 0.770. The molecule has 0 spiro atoms. The van der Waals surface area contributed by atoms with Crippen LogP contribution in [0.4, 0.5) is 10.5 Å². The second-order valence-electron chi connectivity index (χ2n) is 8.98. The van der Waals surface area contributed by atoms with Crippen LogP contribution in [0.15, 0.2) is 60.7 Å². The topological polar surface area (TPSA) is 50.4 Å². The first kappa shape index (κ1) is 26.9. The molecule has 1 aliphatic heterocycles. The van der Waals surface area contributed by atoms with Crippen LogP contribution >= 0.6 is 23.2 Å². The van der Waals surface area contributed by atoms with Gasteiger partial charge in [-0.1, -0.05) is 53.5 Å². The highest BCUT2D eigenvalue weighted by molar-refractivity contribution is 6.42. The Morgan fingerprint density at radius 2 is 1.74 bits per heavy atom. The van der Waals surface area contributed by atoms with E-state index in [2.05, 4.69) is 23.7 Å². The Morgan fingerprint density at radius 1 is 1.00 bits per heavy atom. The summed E-state index contributed by atoms with van der Waals surface area (Å²) in [5.41, 5.74) is 0.800. The molecule has 1 saturated heterocycles. The van der Waals surface area contributed by atoms with Crippen molar-refractivity contribution in [2.24, 2.45) is 0 Å². The third-order valence-corrected chi connectivity index (χ3v) is 7.08. The molecule has 2 N–H and O–H groups in total. The SMILES string of the molecule is C[N+]1(CCCNC(=O)Nc2ccc3ccccc3c2)CCC(Oc2ccc(Cl)c(Cl)c2)CC1.[I-]. The maximum atomic E-state index is 12.3. The van der Waals surface area contributed by atoms with Crippen LogP contribution < -0.4 is 39.3 Å². The number of urea groups is 1. The number of halogens is 3. The van der Waals surface area contributed by atoms with Gasteiger partial charge in [0, 0.05) is 37.6 Å².